The second-order valence-electron chi connectivity index (χ2n) is 7.87. The minimum atomic E-state index is -0.0390. The Labute approximate surface area is 178 Å². The molecular weight excluding hydrogens is 378 g/mol. The zero-order valence-corrected chi connectivity index (χ0v) is 17.9. The third-order valence-electron chi connectivity index (χ3n) is 5.89. The Morgan fingerprint density at radius 3 is 2.60 bits per heavy atom. The zero-order valence-electron chi connectivity index (χ0n) is 17.9. The first-order valence-corrected chi connectivity index (χ1v) is 10.9. The van der Waals surface area contributed by atoms with E-state index in [1.54, 1.807) is 18.4 Å². The lowest BCUT2D eigenvalue weighted by Gasteiger charge is -2.36. The van der Waals surface area contributed by atoms with Crippen molar-refractivity contribution in [3.63, 3.8) is 0 Å². The van der Waals surface area contributed by atoms with Crippen molar-refractivity contribution in [3.8, 4) is 0 Å². The van der Waals surface area contributed by atoms with E-state index in [1.807, 2.05) is 4.90 Å². The summed E-state index contributed by atoms with van der Waals surface area (Å²) in [5.74, 6) is 1.30. The number of furan rings is 1. The van der Waals surface area contributed by atoms with Gasteiger partial charge in [-0.05, 0) is 44.0 Å². The Morgan fingerprint density at radius 1 is 1.10 bits per heavy atom. The van der Waals surface area contributed by atoms with E-state index in [-0.39, 0.29) is 5.91 Å². The molecule has 30 heavy (non-hydrogen) atoms. The molecule has 1 amide bonds. The molecular formula is C23H31N5O2. The van der Waals surface area contributed by atoms with Crippen molar-refractivity contribution < 1.29 is 9.21 Å². The fourth-order valence-corrected chi connectivity index (χ4v) is 4.24. The maximum absolute atomic E-state index is 12.5. The monoisotopic (exact) mass is 409 g/mol. The smallest absolute Gasteiger partial charge is 0.289 e. The van der Waals surface area contributed by atoms with E-state index in [0.717, 1.165) is 45.1 Å². The number of benzene rings is 1. The average molecular weight is 410 g/mol. The second kappa shape index (κ2) is 9.24. The maximum Gasteiger partial charge on any atom is 0.289 e. The highest BCUT2D eigenvalue weighted by Gasteiger charge is 2.26. The molecule has 3 heterocycles. The van der Waals surface area contributed by atoms with Gasteiger partial charge in [-0.2, -0.15) is 0 Å². The molecule has 2 aromatic rings. The van der Waals surface area contributed by atoms with E-state index in [1.165, 1.54) is 11.3 Å². The first kappa shape index (κ1) is 20.3. The van der Waals surface area contributed by atoms with E-state index in [2.05, 4.69) is 53.2 Å². The second-order valence-corrected chi connectivity index (χ2v) is 7.87. The molecule has 7 nitrogen and oxygen atoms in total. The first-order valence-electron chi connectivity index (χ1n) is 10.9. The number of piperazine rings is 1. The van der Waals surface area contributed by atoms with Crippen LogP contribution in [-0.4, -0.2) is 73.5 Å². The number of rotatable bonds is 5. The molecule has 1 aromatic carbocycles. The van der Waals surface area contributed by atoms with Crippen molar-refractivity contribution in [1.29, 1.82) is 0 Å². The summed E-state index contributed by atoms with van der Waals surface area (Å²) in [6, 6.07) is 12.5. The highest BCUT2D eigenvalue weighted by molar-refractivity contribution is 5.91. The SMILES string of the molecule is CCNC(=NCC(C)N1CCc2ccccc21)N1CCN(C(=O)c2ccco2)CC1. The number of aliphatic imine (C=N–C) groups is 1. The Bertz CT molecular complexity index is 871. The maximum atomic E-state index is 12.5. The molecule has 1 fully saturated rings. The molecule has 160 valence electrons. The molecule has 0 radical (unpaired) electrons. The van der Waals surface area contributed by atoms with Gasteiger partial charge in [0.2, 0.25) is 0 Å². The minimum absolute atomic E-state index is 0.0390. The van der Waals surface area contributed by atoms with Gasteiger partial charge in [0.15, 0.2) is 11.7 Å². The Kier molecular flexibility index (Phi) is 6.26. The van der Waals surface area contributed by atoms with Gasteiger partial charge >= 0.3 is 0 Å². The summed E-state index contributed by atoms with van der Waals surface area (Å²) in [6.07, 6.45) is 2.65. The molecule has 1 aromatic heterocycles. The largest absolute Gasteiger partial charge is 0.459 e. The number of fused-ring (bicyclic) bond motifs is 1. The zero-order chi connectivity index (χ0) is 20.9. The van der Waals surface area contributed by atoms with Crippen LogP contribution in [0.2, 0.25) is 0 Å². The molecule has 2 aliphatic rings. The summed E-state index contributed by atoms with van der Waals surface area (Å²) in [7, 11) is 0. The fourth-order valence-electron chi connectivity index (χ4n) is 4.24. The number of anilines is 1. The van der Waals surface area contributed by atoms with Crippen LogP contribution in [0.3, 0.4) is 0 Å². The van der Waals surface area contributed by atoms with Crippen LogP contribution in [0, 0.1) is 0 Å². The Balaban J connectivity index is 1.36. The van der Waals surface area contributed by atoms with Crippen molar-refractivity contribution >= 4 is 17.6 Å². The van der Waals surface area contributed by atoms with Crippen LogP contribution in [0.15, 0.2) is 52.1 Å². The highest BCUT2D eigenvalue weighted by atomic mass is 16.3. The van der Waals surface area contributed by atoms with Crippen LogP contribution in [-0.2, 0) is 6.42 Å². The van der Waals surface area contributed by atoms with Gasteiger partial charge < -0.3 is 24.4 Å². The predicted octanol–water partition coefficient (Wildman–Crippen LogP) is 2.45. The molecule has 1 atom stereocenters. The molecule has 2 aliphatic heterocycles. The number of nitrogens with one attached hydrogen (secondary N) is 1. The number of carbonyl (C=O) groups is 1. The normalized spacial score (nSPS) is 17.8. The van der Waals surface area contributed by atoms with Crippen molar-refractivity contribution in [2.45, 2.75) is 26.3 Å². The van der Waals surface area contributed by atoms with Gasteiger partial charge in [0.25, 0.3) is 5.91 Å². The van der Waals surface area contributed by atoms with E-state index in [0.29, 0.717) is 24.9 Å². The highest BCUT2D eigenvalue weighted by Crippen LogP contribution is 2.29. The molecule has 1 N–H and O–H groups in total. The van der Waals surface area contributed by atoms with Gasteiger partial charge in [0, 0.05) is 51.0 Å². The van der Waals surface area contributed by atoms with E-state index < -0.39 is 0 Å². The molecule has 7 heteroatoms. The number of para-hydroxylation sites is 1. The topological polar surface area (TPSA) is 64.3 Å². The molecule has 4 rings (SSSR count). The quantitative estimate of drug-likeness (QED) is 0.607. The van der Waals surface area contributed by atoms with Gasteiger partial charge in [-0.25, -0.2) is 0 Å². The van der Waals surface area contributed by atoms with Crippen molar-refractivity contribution in [2.24, 2.45) is 4.99 Å². The van der Waals surface area contributed by atoms with Crippen LogP contribution in [0.4, 0.5) is 5.69 Å². The Hall–Kier alpha value is -2.96. The molecule has 0 spiro atoms. The Morgan fingerprint density at radius 2 is 1.87 bits per heavy atom. The van der Waals surface area contributed by atoms with Gasteiger partial charge in [-0.3, -0.25) is 9.79 Å². The lowest BCUT2D eigenvalue weighted by Crippen LogP contribution is -2.54. The van der Waals surface area contributed by atoms with Crippen LogP contribution in [0.5, 0.6) is 0 Å². The number of guanidine groups is 1. The van der Waals surface area contributed by atoms with E-state index >= 15 is 0 Å². The van der Waals surface area contributed by atoms with Crippen molar-refractivity contribution in [2.75, 3.05) is 50.7 Å². The molecule has 0 bridgehead atoms. The summed E-state index contributed by atoms with van der Waals surface area (Å²) in [5.41, 5.74) is 2.77. The van der Waals surface area contributed by atoms with E-state index in [4.69, 9.17) is 9.41 Å². The third-order valence-corrected chi connectivity index (χ3v) is 5.89. The van der Waals surface area contributed by atoms with Crippen LogP contribution in [0.1, 0.15) is 30.0 Å². The van der Waals surface area contributed by atoms with Gasteiger partial charge in [0.1, 0.15) is 0 Å². The van der Waals surface area contributed by atoms with Crippen LogP contribution >= 0.6 is 0 Å². The number of carbonyl (C=O) groups excluding carboxylic acids is 1. The predicted molar refractivity (Wildman–Crippen MR) is 119 cm³/mol. The lowest BCUT2D eigenvalue weighted by atomic mass is 10.2. The third kappa shape index (κ3) is 4.30. The van der Waals surface area contributed by atoms with Crippen molar-refractivity contribution in [1.82, 2.24) is 15.1 Å². The number of hydrogen-bond donors (Lipinski definition) is 1. The lowest BCUT2D eigenvalue weighted by molar-refractivity contribution is 0.0657. The summed E-state index contributed by atoms with van der Waals surface area (Å²) in [6.45, 7) is 9.81. The fraction of sp³-hybridized carbons (Fsp3) is 0.478. The molecule has 1 saturated heterocycles. The first-order chi connectivity index (χ1) is 14.7. The molecule has 0 saturated carbocycles. The number of nitrogens with zero attached hydrogens (tertiary/aromatic N) is 4. The van der Waals surface area contributed by atoms with Crippen molar-refractivity contribution in [3.05, 3.63) is 54.0 Å². The summed E-state index contributed by atoms with van der Waals surface area (Å²) in [5, 5.41) is 3.42. The number of hydrogen-bond acceptors (Lipinski definition) is 4. The van der Waals surface area contributed by atoms with Gasteiger partial charge in [-0.15, -0.1) is 0 Å². The standard InChI is InChI=1S/C23H31N5O2/c1-3-24-23(25-17-18(2)28-11-10-19-7-4-5-8-20(19)28)27-14-12-26(13-15-27)22(29)21-9-6-16-30-21/h4-9,16,18H,3,10-15,17H2,1-2H3,(H,24,25). The summed E-state index contributed by atoms with van der Waals surface area (Å²) >= 11 is 0. The van der Waals surface area contributed by atoms with E-state index in [9.17, 15) is 4.79 Å². The average Bonchev–Trinajstić information content (AvgIpc) is 3.46. The van der Waals surface area contributed by atoms with Gasteiger partial charge in [0.05, 0.1) is 12.8 Å². The van der Waals surface area contributed by atoms with Crippen LogP contribution < -0.4 is 10.2 Å². The summed E-state index contributed by atoms with van der Waals surface area (Å²) < 4.78 is 5.25. The molecule has 0 aliphatic carbocycles. The van der Waals surface area contributed by atoms with Gasteiger partial charge in [-0.1, -0.05) is 18.2 Å². The molecule has 1 unspecified atom stereocenters. The van der Waals surface area contributed by atoms with Crippen LogP contribution in [0.25, 0.3) is 0 Å². The minimum Gasteiger partial charge on any atom is -0.459 e. The summed E-state index contributed by atoms with van der Waals surface area (Å²) in [4.78, 5) is 24.0. The number of amides is 1.